The number of aryl methyl sites for hydroxylation is 1. The lowest BCUT2D eigenvalue weighted by atomic mass is 10.3. The van der Waals surface area contributed by atoms with Gasteiger partial charge in [-0.05, 0) is 6.92 Å². The van der Waals surface area contributed by atoms with Crippen molar-refractivity contribution in [2.75, 3.05) is 31.1 Å². The zero-order chi connectivity index (χ0) is 13.2. The van der Waals surface area contributed by atoms with Crippen molar-refractivity contribution in [3.05, 3.63) is 27.7 Å². The molecule has 19 heavy (non-hydrogen) atoms. The Morgan fingerprint density at radius 2 is 2.05 bits per heavy atom. The van der Waals surface area contributed by atoms with Gasteiger partial charge in [0.2, 0.25) is 0 Å². The van der Waals surface area contributed by atoms with Gasteiger partial charge in [-0.3, -0.25) is 4.79 Å². The molecule has 0 unspecified atom stereocenters. The lowest BCUT2D eigenvalue weighted by Crippen LogP contribution is -2.48. The summed E-state index contributed by atoms with van der Waals surface area (Å²) in [6.07, 6.45) is 1.82. The lowest BCUT2D eigenvalue weighted by molar-refractivity contribution is 0.0741. The standard InChI is InChI=1S/C12H14N4OS2/c1-9-14-10(8-19-9)11(17)15-3-5-16(6-4-15)12-13-2-7-18-12/h2,7-8H,3-6H2,1H3. The van der Waals surface area contributed by atoms with Crippen LogP contribution in [0.15, 0.2) is 17.0 Å². The van der Waals surface area contributed by atoms with E-state index in [0.29, 0.717) is 5.69 Å². The monoisotopic (exact) mass is 294 g/mol. The van der Waals surface area contributed by atoms with Gasteiger partial charge in [-0.1, -0.05) is 0 Å². The minimum Gasteiger partial charge on any atom is -0.345 e. The van der Waals surface area contributed by atoms with Crippen molar-refractivity contribution in [1.82, 2.24) is 14.9 Å². The summed E-state index contributed by atoms with van der Waals surface area (Å²) in [7, 11) is 0. The molecule has 1 aliphatic heterocycles. The molecule has 0 aromatic carbocycles. The van der Waals surface area contributed by atoms with Crippen LogP contribution in [0, 0.1) is 6.92 Å². The fraction of sp³-hybridized carbons (Fsp3) is 0.417. The topological polar surface area (TPSA) is 49.3 Å². The van der Waals surface area contributed by atoms with Crippen LogP contribution < -0.4 is 4.90 Å². The maximum atomic E-state index is 12.2. The predicted octanol–water partition coefficient (Wildman–Crippen LogP) is 1.87. The van der Waals surface area contributed by atoms with Crippen molar-refractivity contribution in [3.8, 4) is 0 Å². The average Bonchev–Trinajstić information content (AvgIpc) is 3.09. The summed E-state index contributed by atoms with van der Waals surface area (Å²) in [6, 6.07) is 0. The second kappa shape index (κ2) is 5.26. The number of hydrogen-bond donors (Lipinski definition) is 0. The van der Waals surface area contributed by atoms with E-state index in [0.717, 1.165) is 36.3 Å². The molecular weight excluding hydrogens is 280 g/mol. The Morgan fingerprint density at radius 1 is 1.26 bits per heavy atom. The second-order valence-corrected chi connectivity index (χ2v) is 6.28. The maximum absolute atomic E-state index is 12.2. The summed E-state index contributed by atoms with van der Waals surface area (Å²) < 4.78 is 0. The molecule has 100 valence electrons. The van der Waals surface area contributed by atoms with E-state index in [-0.39, 0.29) is 5.91 Å². The first-order chi connectivity index (χ1) is 9.24. The average molecular weight is 294 g/mol. The van der Waals surface area contributed by atoms with Crippen LogP contribution in [0.25, 0.3) is 0 Å². The molecule has 0 radical (unpaired) electrons. The fourth-order valence-electron chi connectivity index (χ4n) is 2.10. The molecule has 3 heterocycles. The molecule has 7 heteroatoms. The molecule has 0 aliphatic carbocycles. The fourth-order valence-corrected chi connectivity index (χ4v) is 3.38. The Balaban J connectivity index is 1.62. The largest absolute Gasteiger partial charge is 0.345 e. The molecule has 0 saturated carbocycles. The first kappa shape index (κ1) is 12.6. The number of rotatable bonds is 2. The van der Waals surface area contributed by atoms with Crippen molar-refractivity contribution in [2.24, 2.45) is 0 Å². The molecule has 0 N–H and O–H groups in total. The molecule has 2 aromatic heterocycles. The normalized spacial score (nSPS) is 15.8. The number of aromatic nitrogens is 2. The second-order valence-electron chi connectivity index (χ2n) is 4.35. The highest BCUT2D eigenvalue weighted by Gasteiger charge is 2.24. The number of carbonyl (C=O) groups is 1. The molecule has 0 bridgehead atoms. The van der Waals surface area contributed by atoms with E-state index in [1.807, 2.05) is 28.8 Å². The molecule has 2 aromatic rings. The number of carbonyl (C=O) groups excluding carboxylic acids is 1. The van der Waals surface area contributed by atoms with E-state index < -0.39 is 0 Å². The van der Waals surface area contributed by atoms with Gasteiger partial charge >= 0.3 is 0 Å². The molecule has 0 atom stereocenters. The van der Waals surface area contributed by atoms with E-state index in [4.69, 9.17) is 0 Å². The van der Waals surface area contributed by atoms with Crippen LogP contribution in [0.4, 0.5) is 5.13 Å². The van der Waals surface area contributed by atoms with Crippen molar-refractivity contribution < 1.29 is 4.79 Å². The quantitative estimate of drug-likeness (QED) is 0.848. The van der Waals surface area contributed by atoms with E-state index in [9.17, 15) is 4.79 Å². The lowest BCUT2D eigenvalue weighted by Gasteiger charge is -2.34. The van der Waals surface area contributed by atoms with Crippen molar-refractivity contribution in [3.63, 3.8) is 0 Å². The van der Waals surface area contributed by atoms with Crippen LogP contribution in [0.5, 0.6) is 0 Å². The highest BCUT2D eigenvalue weighted by Crippen LogP contribution is 2.19. The van der Waals surface area contributed by atoms with Gasteiger partial charge in [0, 0.05) is 43.1 Å². The third-order valence-corrected chi connectivity index (χ3v) is 4.70. The first-order valence-electron chi connectivity index (χ1n) is 6.10. The smallest absolute Gasteiger partial charge is 0.273 e. The molecule has 1 fully saturated rings. The highest BCUT2D eigenvalue weighted by molar-refractivity contribution is 7.13. The zero-order valence-corrected chi connectivity index (χ0v) is 12.2. The predicted molar refractivity (Wildman–Crippen MR) is 77.1 cm³/mol. The number of thiazole rings is 2. The minimum atomic E-state index is 0.0446. The van der Waals surface area contributed by atoms with Gasteiger partial charge in [0.05, 0.1) is 5.01 Å². The van der Waals surface area contributed by atoms with Gasteiger partial charge in [-0.15, -0.1) is 22.7 Å². The maximum Gasteiger partial charge on any atom is 0.273 e. The minimum absolute atomic E-state index is 0.0446. The van der Waals surface area contributed by atoms with Crippen molar-refractivity contribution >= 4 is 33.7 Å². The number of nitrogens with zero attached hydrogens (tertiary/aromatic N) is 4. The van der Waals surface area contributed by atoms with Crippen LogP contribution in [0.1, 0.15) is 15.5 Å². The SMILES string of the molecule is Cc1nc(C(=O)N2CCN(c3nccs3)CC2)cs1. The van der Waals surface area contributed by atoms with Crippen molar-refractivity contribution in [2.45, 2.75) is 6.92 Å². The van der Waals surface area contributed by atoms with E-state index in [1.54, 1.807) is 11.3 Å². The van der Waals surface area contributed by atoms with Crippen LogP contribution in [-0.4, -0.2) is 47.0 Å². The molecule has 1 saturated heterocycles. The Labute approximate surface area is 119 Å². The van der Waals surface area contributed by atoms with Crippen LogP contribution >= 0.6 is 22.7 Å². The van der Waals surface area contributed by atoms with E-state index in [1.165, 1.54) is 11.3 Å². The van der Waals surface area contributed by atoms with Gasteiger partial charge in [0.1, 0.15) is 5.69 Å². The Kier molecular flexibility index (Phi) is 3.48. The number of hydrogen-bond acceptors (Lipinski definition) is 6. The first-order valence-corrected chi connectivity index (χ1v) is 7.86. The summed E-state index contributed by atoms with van der Waals surface area (Å²) in [6.45, 7) is 5.05. The molecule has 1 aliphatic rings. The number of anilines is 1. The third-order valence-electron chi connectivity index (χ3n) is 3.09. The van der Waals surface area contributed by atoms with Crippen molar-refractivity contribution in [1.29, 1.82) is 0 Å². The summed E-state index contributed by atoms with van der Waals surface area (Å²) >= 11 is 3.16. The Bertz CT molecular complexity index is 558. The van der Waals surface area contributed by atoms with E-state index in [2.05, 4.69) is 14.9 Å². The molecule has 3 rings (SSSR count). The number of piperazine rings is 1. The van der Waals surface area contributed by atoms with Gasteiger partial charge in [-0.25, -0.2) is 9.97 Å². The van der Waals surface area contributed by atoms with E-state index >= 15 is 0 Å². The molecule has 0 spiro atoms. The van der Waals surface area contributed by atoms with Crippen LogP contribution in [0.3, 0.4) is 0 Å². The number of amides is 1. The summed E-state index contributed by atoms with van der Waals surface area (Å²) in [5.41, 5.74) is 0.574. The van der Waals surface area contributed by atoms with Crippen LogP contribution in [0.2, 0.25) is 0 Å². The Hall–Kier alpha value is -1.47. The zero-order valence-electron chi connectivity index (χ0n) is 10.6. The summed E-state index contributed by atoms with van der Waals surface area (Å²) in [5.74, 6) is 0.0446. The van der Waals surface area contributed by atoms with Crippen LogP contribution in [-0.2, 0) is 0 Å². The van der Waals surface area contributed by atoms with Gasteiger partial charge in [0.25, 0.3) is 5.91 Å². The third kappa shape index (κ3) is 2.62. The Morgan fingerprint density at radius 3 is 2.63 bits per heavy atom. The van der Waals surface area contributed by atoms with Gasteiger partial charge in [-0.2, -0.15) is 0 Å². The highest BCUT2D eigenvalue weighted by atomic mass is 32.1. The summed E-state index contributed by atoms with van der Waals surface area (Å²) in [5, 5.41) is 5.79. The molecular formula is C12H14N4OS2. The van der Waals surface area contributed by atoms with Gasteiger partial charge < -0.3 is 9.80 Å². The molecule has 5 nitrogen and oxygen atoms in total. The van der Waals surface area contributed by atoms with Gasteiger partial charge in [0.15, 0.2) is 5.13 Å². The molecule has 1 amide bonds. The summed E-state index contributed by atoms with van der Waals surface area (Å²) in [4.78, 5) is 24.9.